The maximum Gasteiger partial charge on any atom is 0.326 e. The van der Waals surface area contributed by atoms with E-state index in [-0.39, 0.29) is 0 Å². The van der Waals surface area contributed by atoms with Gasteiger partial charge in [-0.15, -0.1) is 0 Å². The number of hydrogen-bond acceptors (Lipinski definition) is 4. The predicted molar refractivity (Wildman–Crippen MR) is 90.6 cm³/mol. The Morgan fingerprint density at radius 2 is 2.13 bits per heavy atom. The fourth-order valence-corrected chi connectivity index (χ4v) is 3.59. The second-order valence-corrected chi connectivity index (χ2v) is 6.30. The molecule has 0 aliphatic rings. The molecule has 5 nitrogen and oxygen atoms in total. The van der Waals surface area contributed by atoms with E-state index in [1.165, 1.54) is 11.1 Å². The molecule has 0 radical (unpaired) electrons. The zero-order valence-electron chi connectivity index (χ0n) is 12.9. The number of thioether (sulfide) groups is 1. The maximum atomic E-state index is 11.4. The molecule has 0 saturated heterocycles. The summed E-state index contributed by atoms with van der Waals surface area (Å²) in [6.07, 6.45) is 3.33. The number of carboxylic acid groups (broad SMARTS) is 1. The van der Waals surface area contributed by atoms with Crippen LogP contribution in [0.2, 0.25) is 0 Å². The average Bonchev–Trinajstić information content (AvgIpc) is 2.91. The molecule has 0 amide bonds. The molecule has 23 heavy (non-hydrogen) atoms. The molecule has 0 bridgehead atoms. The second kappa shape index (κ2) is 6.42. The summed E-state index contributed by atoms with van der Waals surface area (Å²) in [5.41, 5.74) is 3.95. The van der Waals surface area contributed by atoms with Crippen molar-refractivity contribution in [2.75, 3.05) is 0 Å². The predicted octanol–water partition coefficient (Wildman–Crippen LogP) is 3.68. The quantitative estimate of drug-likeness (QED) is 0.724. The van der Waals surface area contributed by atoms with Crippen LogP contribution in [-0.4, -0.2) is 25.6 Å². The molecule has 1 atom stereocenters. The highest BCUT2D eigenvalue weighted by molar-refractivity contribution is 7.98. The van der Waals surface area contributed by atoms with Crippen molar-refractivity contribution >= 4 is 28.8 Å². The Kier molecular flexibility index (Phi) is 4.34. The average molecular weight is 327 g/mol. The van der Waals surface area contributed by atoms with E-state index in [4.69, 9.17) is 0 Å². The first-order chi connectivity index (χ1) is 11.1. The first-order valence-corrected chi connectivity index (χ1v) is 8.28. The number of nitrogens with zero attached hydrogens (tertiary/aromatic N) is 3. The molecule has 0 saturated carbocycles. The van der Waals surface area contributed by atoms with Crippen LogP contribution in [0.3, 0.4) is 0 Å². The highest BCUT2D eigenvalue weighted by Gasteiger charge is 2.21. The molecule has 2 heterocycles. The van der Waals surface area contributed by atoms with Crippen LogP contribution in [0.1, 0.15) is 24.1 Å². The number of pyridine rings is 1. The van der Waals surface area contributed by atoms with Crippen LogP contribution in [0, 0.1) is 6.92 Å². The summed E-state index contributed by atoms with van der Waals surface area (Å²) >= 11 is 1.55. The van der Waals surface area contributed by atoms with E-state index in [1.54, 1.807) is 41.7 Å². The van der Waals surface area contributed by atoms with Gasteiger partial charge in [-0.3, -0.25) is 4.98 Å². The lowest BCUT2D eigenvalue weighted by Gasteiger charge is -2.13. The Morgan fingerprint density at radius 1 is 1.35 bits per heavy atom. The van der Waals surface area contributed by atoms with Gasteiger partial charge in [0.05, 0.1) is 17.2 Å². The summed E-state index contributed by atoms with van der Waals surface area (Å²) in [6.45, 7) is 3.73. The Hall–Kier alpha value is -2.34. The van der Waals surface area contributed by atoms with E-state index in [0.717, 1.165) is 16.8 Å². The highest BCUT2D eigenvalue weighted by Crippen LogP contribution is 2.30. The number of aryl methyl sites for hydroxylation is 1. The molecule has 118 valence electrons. The van der Waals surface area contributed by atoms with E-state index >= 15 is 0 Å². The molecule has 2 aromatic heterocycles. The van der Waals surface area contributed by atoms with Crippen molar-refractivity contribution in [3.05, 3.63) is 53.9 Å². The van der Waals surface area contributed by atoms with E-state index in [1.807, 2.05) is 12.1 Å². The number of aliphatic carboxylic acids is 1. The van der Waals surface area contributed by atoms with Crippen molar-refractivity contribution in [1.29, 1.82) is 0 Å². The van der Waals surface area contributed by atoms with Crippen LogP contribution < -0.4 is 0 Å². The lowest BCUT2D eigenvalue weighted by Crippen LogP contribution is -2.16. The monoisotopic (exact) mass is 327 g/mol. The van der Waals surface area contributed by atoms with Crippen molar-refractivity contribution in [1.82, 2.24) is 14.5 Å². The summed E-state index contributed by atoms with van der Waals surface area (Å²) in [7, 11) is 0. The van der Waals surface area contributed by atoms with Crippen LogP contribution in [0.15, 0.2) is 47.9 Å². The van der Waals surface area contributed by atoms with Crippen molar-refractivity contribution < 1.29 is 9.90 Å². The molecule has 0 fully saturated rings. The number of imidazole rings is 1. The van der Waals surface area contributed by atoms with Crippen molar-refractivity contribution in [2.24, 2.45) is 0 Å². The minimum atomic E-state index is -0.883. The van der Waals surface area contributed by atoms with Crippen molar-refractivity contribution in [2.45, 2.75) is 30.8 Å². The third-order valence-electron chi connectivity index (χ3n) is 3.82. The van der Waals surface area contributed by atoms with Gasteiger partial charge in [-0.25, -0.2) is 9.78 Å². The minimum Gasteiger partial charge on any atom is -0.480 e. The summed E-state index contributed by atoms with van der Waals surface area (Å²) < 4.78 is 1.74. The van der Waals surface area contributed by atoms with Crippen LogP contribution in [-0.2, 0) is 10.5 Å². The van der Waals surface area contributed by atoms with Gasteiger partial charge in [0.2, 0.25) is 0 Å². The van der Waals surface area contributed by atoms with E-state index in [9.17, 15) is 9.90 Å². The first-order valence-electron chi connectivity index (χ1n) is 7.30. The third-order valence-corrected chi connectivity index (χ3v) is 4.82. The summed E-state index contributed by atoms with van der Waals surface area (Å²) in [5.74, 6) is -0.138. The zero-order chi connectivity index (χ0) is 16.4. The largest absolute Gasteiger partial charge is 0.480 e. The lowest BCUT2D eigenvalue weighted by molar-refractivity contribution is -0.140. The van der Waals surface area contributed by atoms with Crippen molar-refractivity contribution in [3.8, 4) is 0 Å². The molecule has 0 aliphatic heterocycles. The molecular formula is C17H17N3O2S. The van der Waals surface area contributed by atoms with E-state index in [2.05, 4.69) is 29.0 Å². The molecule has 3 aromatic rings. The molecule has 0 spiro atoms. The zero-order valence-corrected chi connectivity index (χ0v) is 13.7. The first kappa shape index (κ1) is 15.6. The van der Waals surface area contributed by atoms with Gasteiger partial charge < -0.3 is 9.67 Å². The minimum absolute atomic E-state index is 0.691. The van der Waals surface area contributed by atoms with Crippen molar-refractivity contribution in [3.63, 3.8) is 0 Å². The summed E-state index contributed by atoms with van der Waals surface area (Å²) in [5, 5.41) is 10.1. The number of carbonyl (C=O) groups is 1. The lowest BCUT2D eigenvalue weighted by atomic mass is 10.1. The van der Waals surface area contributed by atoms with Crippen LogP contribution >= 0.6 is 11.8 Å². The highest BCUT2D eigenvalue weighted by atomic mass is 32.2. The number of fused-ring (bicyclic) bond motifs is 1. The van der Waals surface area contributed by atoms with Gasteiger partial charge in [0, 0.05) is 11.9 Å². The fourth-order valence-electron chi connectivity index (χ4n) is 2.42. The standard InChI is InChI=1S/C17H17N3O2S/c1-11-5-3-4-6-13(11)10-23-17-19-14-7-8-18-9-15(14)20(17)12(2)16(21)22/h3-9,12H,10H2,1-2H3,(H,21,22). The molecular weight excluding hydrogens is 310 g/mol. The van der Waals surface area contributed by atoms with Gasteiger partial charge in [-0.05, 0) is 31.0 Å². The Labute approximate surface area is 138 Å². The second-order valence-electron chi connectivity index (χ2n) is 5.36. The number of benzene rings is 1. The number of carboxylic acids is 1. The van der Waals surface area contributed by atoms with Crippen LogP contribution in [0.25, 0.3) is 11.0 Å². The normalized spacial score (nSPS) is 12.4. The summed E-state index contributed by atoms with van der Waals surface area (Å²) in [4.78, 5) is 20.1. The smallest absolute Gasteiger partial charge is 0.326 e. The Bertz CT molecular complexity index is 860. The van der Waals surface area contributed by atoms with Gasteiger partial charge in [0.15, 0.2) is 5.16 Å². The number of hydrogen-bond donors (Lipinski definition) is 1. The van der Waals surface area contributed by atoms with E-state index < -0.39 is 12.0 Å². The van der Waals surface area contributed by atoms with E-state index in [0.29, 0.717) is 5.16 Å². The van der Waals surface area contributed by atoms with Crippen LogP contribution in [0.4, 0.5) is 0 Å². The molecule has 0 aliphatic carbocycles. The number of aromatic nitrogens is 3. The Morgan fingerprint density at radius 3 is 2.87 bits per heavy atom. The SMILES string of the molecule is Cc1ccccc1CSc1nc2ccncc2n1C(C)C(=O)O. The van der Waals surface area contributed by atoms with Gasteiger partial charge >= 0.3 is 5.97 Å². The third kappa shape index (κ3) is 3.07. The van der Waals surface area contributed by atoms with Gasteiger partial charge in [0.25, 0.3) is 0 Å². The van der Waals surface area contributed by atoms with Gasteiger partial charge in [0.1, 0.15) is 6.04 Å². The Balaban J connectivity index is 1.98. The molecule has 3 rings (SSSR count). The molecule has 1 unspecified atom stereocenters. The molecule has 6 heteroatoms. The van der Waals surface area contributed by atoms with Gasteiger partial charge in [-0.1, -0.05) is 36.0 Å². The topological polar surface area (TPSA) is 68.0 Å². The number of rotatable bonds is 5. The summed E-state index contributed by atoms with van der Waals surface area (Å²) in [6, 6.07) is 9.29. The molecule has 1 N–H and O–H groups in total. The van der Waals surface area contributed by atoms with Gasteiger partial charge in [-0.2, -0.15) is 0 Å². The maximum absolute atomic E-state index is 11.4. The molecule has 1 aromatic carbocycles. The fraction of sp³-hybridized carbons (Fsp3) is 0.235. The van der Waals surface area contributed by atoms with Crippen LogP contribution in [0.5, 0.6) is 0 Å².